The van der Waals surface area contributed by atoms with E-state index in [9.17, 15) is 13.2 Å². The van der Waals surface area contributed by atoms with Crippen molar-refractivity contribution in [3.63, 3.8) is 0 Å². The van der Waals surface area contributed by atoms with Crippen LogP contribution in [0.3, 0.4) is 0 Å². The average Bonchev–Trinajstić information content (AvgIpc) is 2.40. The molecule has 0 aromatic heterocycles. The molecule has 0 aliphatic carbocycles. The van der Waals surface area contributed by atoms with Crippen molar-refractivity contribution in [2.24, 2.45) is 0 Å². The van der Waals surface area contributed by atoms with Crippen molar-refractivity contribution >= 4 is 16.2 Å². The highest BCUT2D eigenvalue weighted by molar-refractivity contribution is 7.87. The minimum absolute atomic E-state index is 0.0309. The Morgan fingerprint density at radius 2 is 1.81 bits per heavy atom. The van der Waals surface area contributed by atoms with Gasteiger partial charge in [-0.15, -0.1) is 0 Å². The second-order valence-corrected chi connectivity index (χ2v) is 6.97. The van der Waals surface area contributed by atoms with Crippen LogP contribution in [0.4, 0.5) is 0 Å². The monoisotopic (exact) mass is 323 g/mol. The van der Waals surface area contributed by atoms with Gasteiger partial charge in [-0.2, -0.15) is 17.4 Å². The molecule has 0 aliphatic heterocycles. The molecule has 0 radical (unpaired) electrons. The van der Waals surface area contributed by atoms with Gasteiger partial charge >= 0.3 is 5.97 Å². The summed E-state index contributed by atoms with van der Waals surface area (Å²) in [5.41, 5.74) is 0. The summed E-state index contributed by atoms with van der Waals surface area (Å²) in [5.74, 6) is -1.01. The maximum absolute atomic E-state index is 12.0. The van der Waals surface area contributed by atoms with Crippen LogP contribution in [-0.4, -0.2) is 68.0 Å². The van der Waals surface area contributed by atoms with Gasteiger partial charge in [-0.1, -0.05) is 13.8 Å². The van der Waals surface area contributed by atoms with E-state index in [0.717, 1.165) is 36.8 Å². The Labute approximate surface area is 128 Å². The second-order valence-electron chi connectivity index (χ2n) is 5.16. The van der Waals surface area contributed by atoms with Gasteiger partial charge in [-0.05, 0) is 39.4 Å². The first kappa shape index (κ1) is 20.3. The quantitative estimate of drug-likeness (QED) is 0.553. The highest BCUT2D eigenvalue weighted by Gasteiger charge is 2.20. The number of carboxylic acids is 1. The van der Waals surface area contributed by atoms with E-state index in [1.165, 1.54) is 7.05 Å². The minimum Gasteiger partial charge on any atom is -0.481 e. The summed E-state index contributed by atoms with van der Waals surface area (Å²) in [6, 6.07) is -0.169. The van der Waals surface area contributed by atoms with Crippen LogP contribution in [0.1, 0.15) is 40.0 Å². The maximum Gasteiger partial charge on any atom is 0.304 e. The van der Waals surface area contributed by atoms with Crippen LogP contribution in [0.25, 0.3) is 0 Å². The van der Waals surface area contributed by atoms with E-state index in [2.05, 4.69) is 23.5 Å². The van der Waals surface area contributed by atoms with Crippen molar-refractivity contribution < 1.29 is 18.3 Å². The summed E-state index contributed by atoms with van der Waals surface area (Å²) < 4.78 is 27.6. The molecule has 0 aliphatic rings. The first-order chi connectivity index (χ1) is 9.72. The highest BCUT2D eigenvalue weighted by Crippen LogP contribution is 2.04. The molecule has 0 spiro atoms. The SMILES string of the molecule is CCN(CC)CCCC(C)NS(=O)(=O)N(C)CCC(=O)O. The summed E-state index contributed by atoms with van der Waals surface area (Å²) in [6.45, 7) is 8.94. The number of hydrogen-bond donors (Lipinski definition) is 2. The molecular formula is C13H29N3O4S. The lowest BCUT2D eigenvalue weighted by molar-refractivity contribution is -0.137. The van der Waals surface area contributed by atoms with E-state index in [4.69, 9.17) is 5.11 Å². The fraction of sp³-hybridized carbons (Fsp3) is 0.923. The molecule has 21 heavy (non-hydrogen) atoms. The summed E-state index contributed by atoms with van der Waals surface area (Å²) in [6.07, 6.45) is 1.47. The van der Waals surface area contributed by atoms with E-state index in [1.807, 2.05) is 6.92 Å². The first-order valence-electron chi connectivity index (χ1n) is 7.40. The van der Waals surface area contributed by atoms with Crippen LogP contribution in [0.15, 0.2) is 0 Å². The number of hydrogen-bond acceptors (Lipinski definition) is 4. The largest absolute Gasteiger partial charge is 0.481 e. The van der Waals surface area contributed by atoms with E-state index < -0.39 is 16.2 Å². The lowest BCUT2D eigenvalue weighted by Gasteiger charge is -2.22. The zero-order chi connectivity index (χ0) is 16.5. The van der Waals surface area contributed by atoms with Crippen LogP contribution >= 0.6 is 0 Å². The summed E-state index contributed by atoms with van der Waals surface area (Å²) >= 11 is 0. The molecule has 1 atom stereocenters. The maximum atomic E-state index is 12.0. The number of carboxylic acid groups (broad SMARTS) is 1. The molecule has 0 bridgehead atoms. The molecule has 0 saturated carbocycles. The Morgan fingerprint density at radius 3 is 2.29 bits per heavy atom. The molecule has 0 aromatic carbocycles. The number of rotatable bonds is 12. The van der Waals surface area contributed by atoms with Gasteiger partial charge in [0.2, 0.25) is 0 Å². The number of aliphatic carboxylic acids is 1. The molecular weight excluding hydrogens is 294 g/mol. The van der Waals surface area contributed by atoms with Crippen LogP contribution in [-0.2, 0) is 15.0 Å². The van der Waals surface area contributed by atoms with Crippen molar-refractivity contribution in [3.8, 4) is 0 Å². The Hall–Kier alpha value is -0.700. The van der Waals surface area contributed by atoms with Gasteiger partial charge in [0.05, 0.1) is 6.42 Å². The van der Waals surface area contributed by atoms with Crippen molar-refractivity contribution in [1.29, 1.82) is 0 Å². The lowest BCUT2D eigenvalue weighted by Crippen LogP contribution is -2.43. The Bertz CT molecular complexity index is 396. The van der Waals surface area contributed by atoms with Gasteiger partial charge < -0.3 is 10.0 Å². The van der Waals surface area contributed by atoms with E-state index in [1.54, 1.807) is 0 Å². The predicted octanol–water partition coefficient (Wildman–Crippen LogP) is 0.738. The highest BCUT2D eigenvalue weighted by atomic mass is 32.2. The third kappa shape index (κ3) is 9.02. The van der Waals surface area contributed by atoms with E-state index in [-0.39, 0.29) is 19.0 Å². The Kier molecular flexibility index (Phi) is 9.76. The van der Waals surface area contributed by atoms with E-state index >= 15 is 0 Å². The van der Waals surface area contributed by atoms with Crippen LogP contribution in [0.5, 0.6) is 0 Å². The van der Waals surface area contributed by atoms with Crippen molar-refractivity contribution in [3.05, 3.63) is 0 Å². The Balaban J connectivity index is 4.17. The molecule has 2 N–H and O–H groups in total. The van der Waals surface area contributed by atoms with Crippen molar-refractivity contribution in [2.45, 2.75) is 46.1 Å². The van der Waals surface area contributed by atoms with Crippen LogP contribution in [0, 0.1) is 0 Å². The van der Waals surface area contributed by atoms with Gasteiger partial charge in [0.25, 0.3) is 10.2 Å². The normalized spacial score (nSPS) is 13.8. The lowest BCUT2D eigenvalue weighted by atomic mass is 10.2. The van der Waals surface area contributed by atoms with Gasteiger partial charge in [-0.3, -0.25) is 4.79 Å². The zero-order valence-electron chi connectivity index (χ0n) is 13.5. The van der Waals surface area contributed by atoms with Crippen molar-refractivity contribution in [1.82, 2.24) is 13.9 Å². The van der Waals surface area contributed by atoms with Gasteiger partial charge in [0.1, 0.15) is 0 Å². The molecule has 0 saturated heterocycles. The molecule has 1 unspecified atom stereocenters. The molecule has 0 amide bonds. The third-order valence-corrected chi connectivity index (χ3v) is 5.11. The smallest absolute Gasteiger partial charge is 0.304 e. The number of nitrogens with one attached hydrogen (secondary N) is 1. The molecule has 0 fully saturated rings. The third-order valence-electron chi connectivity index (χ3n) is 3.41. The molecule has 8 heteroatoms. The molecule has 0 aromatic rings. The fourth-order valence-corrected chi connectivity index (χ4v) is 3.08. The predicted molar refractivity (Wildman–Crippen MR) is 83.4 cm³/mol. The van der Waals surface area contributed by atoms with Gasteiger partial charge in [-0.25, -0.2) is 0 Å². The molecule has 7 nitrogen and oxygen atoms in total. The van der Waals surface area contributed by atoms with Crippen LogP contribution in [0.2, 0.25) is 0 Å². The van der Waals surface area contributed by atoms with Gasteiger partial charge in [0.15, 0.2) is 0 Å². The second kappa shape index (κ2) is 10.1. The molecule has 126 valence electrons. The van der Waals surface area contributed by atoms with Gasteiger partial charge in [0, 0.05) is 19.6 Å². The molecule has 0 heterocycles. The van der Waals surface area contributed by atoms with Crippen LogP contribution < -0.4 is 4.72 Å². The Morgan fingerprint density at radius 1 is 1.24 bits per heavy atom. The molecule has 0 rings (SSSR count). The topological polar surface area (TPSA) is 90.0 Å². The summed E-state index contributed by atoms with van der Waals surface area (Å²) in [5, 5.41) is 8.58. The number of carbonyl (C=O) groups is 1. The zero-order valence-corrected chi connectivity index (χ0v) is 14.3. The van der Waals surface area contributed by atoms with Crippen molar-refractivity contribution in [2.75, 3.05) is 33.2 Å². The first-order valence-corrected chi connectivity index (χ1v) is 8.84. The summed E-state index contributed by atoms with van der Waals surface area (Å²) in [4.78, 5) is 12.8. The minimum atomic E-state index is -3.61. The summed E-state index contributed by atoms with van der Waals surface area (Å²) in [7, 11) is -2.23. The average molecular weight is 323 g/mol. The van der Waals surface area contributed by atoms with E-state index in [0.29, 0.717) is 0 Å². The fourth-order valence-electron chi connectivity index (χ4n) is 1.94. The standard InChI is InChI=1S/C13H29N3O4S/c1-5-16(6-2)10-7-8-12(3)14-21(19,20)15(4)11-9-13(17)18/h12,14H,5-11H2,1-4H3,(H,17,18). The number of nitrogens with zero attached hydrogens (tertiary/aromatic N) is 2.